The molecule has 0 atom stereocenters. The lowest BCUT2D eigenvalue weighted by atomic mass is 10.0. The maximum Gasteiger partial charge on any atom is 0.166 e. The molecule has 0 aliphatic heterocycles. The molecule has 0 saturated heterocycles. The van der Waals surface area contributed by atoms with E-state index < -0.39 is 23.3 Å². The molecule has 104 valence electrons. The van der Waals surface area contributed by atoms with E-state index in [1.807, 2.05) is 0 Å². The van der Waals surface area contributed by atoms with Crippen molar-refractivity contribution in [2.75, 3.05) is 0 Å². The molecule has 2 rings (SSSR count). The van der Waals surface area contributed by atoms with Gasteiger partial charge in [0.2, 0.25) is 0 Å². The van der Waals surface area contributed by atoms with Crippen molar-refractivity contribution in [3.8, 4) is 0 Å². The lowest BCUT2D eigenvalue weighted by Crippen LogP contribution is -1.96. The summed E-state index contributed by atoms with van der Waals surface area (Å²) in [5, 5.41) is 0. The van der Waals surface area contributed by atoms with Crippen LogP contribution in [0.4, 0.5) is 17.6 Å². The number of benzene rings is 2. The minimum absolute atomic E-state index is 0.130. The third-order valence-electron chi connectivity index (χ3n) is 2.85. The van der Waals surface area contributed by atoms with Crippen molar-refractivity contribution in [1.29, 1.82) is 0 Å². The molecule has 0 aliphatic rings. The van der Waals surface area contributed by atoms with E-state index in [0.29, 0.717) is 11.1 Å². The van der Waals surface area contributed by atoms with Crippen LogP contribution in [0, 0.1) is 23.3 Å². The Balaban J connectivity index is 2.35. The van der Waals surface area contributed by atoms with Crippen LogP contribution in [-0.2, 0) is 6.42 Å². The van der Waals surface area contributed by atoms with Gasteiger partial charge in [0.25, 0.3) is 0 Å². The molecule has 0 aromatic heterocycles. The van der Waals surface area contributed by atoms with Gasteiger partial charge in [0.15, 0.2) is 23.3 Å². The summed E-state index contributed by atoms with van der Waals surface area (Å²) in [4.78, 5) is 0. The van der Waals surface area contributed by atoms with Crippen LogP contribution >= 0.6 is 0 Å². The minimum atomic E-state index is -0.960. The van der Waals surface area contributed by atoms with Gasteiger partial charge in [-0.15, -0.1) is 0 Å². The molecule has 0 spiro atoms. The van der Waals surface area contributed by atoms with Gasteiger partial charge in [-0.1, -0.05) is 18.2 Å². The molecule has 0 radical (unpaired) electrons. The quantitative estimate of drug-likeness (QED) is 0.704. The Morgan fingerprint density at radius 2 is 1.55 bits per heavy atom. The zero-order chi connectivity index (χ0) is 14.7. The zero-order valence-corrected chi connectivity index (χ0v) is 10.8. The summed E-state index contributed by atoms with van der Waals surface area (Å²) in [5.74, 6) is -3.78. The molecule has 0 fully saturated rings. The molecule has 0 N–H and O–H groups in total. The van der Waals surface area contributed by atoms with Crippen molar-refractivity contribution in [1.82, 2.24) is 0 Å². The van der Waals surface area contributed by atoms with Crippen molar-refractivity contribution in [2.24, 2.45) is 0 Å². The van der Waals surface area contributed by atoms with Gasteiger partial charge in [-0.2, -0.15) is 0 Å². The fraction of sp³-hybridized carbons (Fsp3) is 0.125. The molecule has 2 aromatic rings. The smallest absolute Gasteiger partial charge is 0.166 e. The molecule has 0 nitrogen and oxygen atoms in total. The maximum absolute atomic E-state index is 13.5. The number of allylic oxidation sites excluding steroid dienone is 1. The van der Waals surface area contributed by atoms with Gasteiger partial charge in [-0.3, -0.25) is 0 Å². The summed E-state index contributed by atoms with van der Waals surface area (Å²) in [7, 11) is 0. The average molecular weight is 280 g/mol. The largest absolute Gasteiger partial charge is 0.204 e. The summed E-state index contributed by atoms with van der Waals surface area (Å²) in [6.45, 7) is 1.69. The second-order valence-electron chi connectivity index (χ2n) is 4.41. The molecule has 0 bridgehead atoms. The van der Waals surface area contributed by atoms with E-state index >= 15 is 0 Å². The van der Waals surface area contributed by atoms with E-state index in [4.69, 9.17) is 0 Å². The van der Waals surface area contributed by atoms with Crippen LogP contribution in [0.25, 0.3) is 6.08 Å². The highest BCUT2D eigenvalue weighted by Gasteiger charge is 2.10. The van der Waals surface area contributed by atoms with Crippen molar-refractivity contribution < 1.29 is 17.6 Å². The van der Waals surface area contributed by atoms with E-state index in [2.05, 4.69) is 0 Å². The van der Waals surface area contributed by atoms with Gasteiger partial charge < -0.3 is 0 Å². The molecule has 0 amide bonds. The van der Waals surface area contributed by atoms with E-state index in [0.717, 1.165) is 18.2 Å². The van der Waals surface area contributed by atoms with Gasteiger partial charge in [0.05, 0.1) is 0 Å². The van der Waals surface area contributed by atoms with Crippen molar-refractivity contribution in [3.05, 3.63) is 76.4 Å². The summed E-state index contributed by atoms with van der Waals surface area (Å²) < 4.78 is 52.9. The molecule has 4 heteroatoms. The highest BCUT2D eigenvalue weighted by atomic mass is 19.2. The predicted octanol–water partition coefficient (Wildman–Crippen LogP) is 4.87. The van der Waals surface area contributed by atoms with Crippen molar-refractivity contribution in [3.63, 3.8) is 0 Å². The Kier molecular flexibility index (Phi) is 4.23. The van der Waals surface area contributed by atoms with Gasteiger partial charge >= 0.3 is 0 Å². The van der Waals surface area contributed by atoms with Gasteiger partial charge in [0, 0.05) is 5.56 Å². The predicted molar refractivity (Wildman–Crippen MR) is 70.2 cm³/mol. The Hall–Kier alpha value is -2.10. The monoisotopic (exact) mass is 280 g/mol. The third kappa shape index (κ3) is 3.07. The van der Waals surface area contributed by atoms with Crippen molar-refractivity contribution in [2.45, 2.75) is 13.3 Å². The molecule has 0 heterocycles. The maximum atomic E-state index is 13.5. The highest BCUT2D eigenvalue weighted by molar-refractivity contribution is 5.51. The first-order chi connectivity index (χ1) is 9.51. The summed E-state index contributed by atoms with van der Waals surface area (Å²) in [6, 6.07) is 6.02. The number of rotatable bonds is 3. The average Bonchev–Trinajstić information content (AvgIpc) is 2.40. The first-order valence-electron chi connectivity index (χ1n) is 6.06. The van der Waals surface area contributed by atoms with E-state index in [-0.39, 0.29) is 12.0 Å². The fourth-order valence-electron chi connectivity index (χ4n) is 1.96. The number of hydrogen-bond donors (Lipinski definition) is 0. The fourth-order valence-corrected chi connectivity index (χ4v) is 1.96. The van der Waals surface area contributed by atoms with E-state index in [1.54, 1.807) is 13.0 Å². The molecular formula is C16H12F4. The SMILES string of the molecule is CC=Cc1cc(Cc2ccc(F)c(F)c2)cc(F)c1F. The lowest BCUT2D eigenvalue weighted by molar-refractivity contribution is 0.504. The van der Waals surface area contributed by atoms with Crippen LogP contribution in [-0.4, -0.2) is 0 Å². The molecular weight excluding hydrogens is 268 g/mol. The third-order valence-corrected chi connectivity index (χ3v) is 2.85. The Morgan fingerprint density at radius 3 is 2.20 bits per heavy atom. The molecule has 0 unspecified atom stereocenters. The zero-order valence-electron chi connectivity index (χ0n) is 10.8. The normalized spacial score (nSPS) is 11.2. The van der Waals surface area contributed by atoms with Crippen LogP contribution in [0.15, 0.2) is 36.4 Å². The van der Waals surface area contributed by atoms with E-state index in [9.17, 15) is 17.6 Å². The Morgan fingerprint density at radius 1 is 0.850 bits per heavy atom. The minimum Gasteiger partial charge on any atom is -0.204 e. The van der Waals surface area contributed by atoms with Crippen LogP contribution in [0.5, 0.6) is 0 Å². The second kappa shape index (κ2) is 5.90. The lowest BCUT2D eigenvalue weighted by Gasteiger charge is -2.06. The molecule has 0 aliphatic carbocycles. The van der Waals surface area contributed by atoms with Gasteiger partial charge in [-0.05, 0) is 48.7 Å². The molecule has 2 aromatic carbocycles. The van der Waals surface area contributed by atoms with Gasteiger partial charge in [-0.25, -0.2) is 17.6 Å². The summed E-state index contributed by atoms with van der Waals surface area (Å²) >= 11 is 0. The summed E-state index contributed by atoms with van der Waals surface area (Å²) in [5.41, 5.74) is 1.11. The Labute approximate surface area is 114 Å². The summed E-state index contributed by atoms with van der Waals surface area (Å²) in [6.07, 6.45) is 3.24. The first-order valence-corrected chi connectivity index (χ1v) is 6.06. The Bertz CT molecular complexity index is 660. The van der Waals surface area contributed by atoms with Gasteiger partial charge in [0.1, 0.15) is 0 Å². The first kappa shape index (κ1) is 14.3. The standard InChI is InChI=1S/C16H12F4/c1-2-3-12-7-11(9-15(19)16(12)20)6-10-4-5-13(17)14(18)8-10/h2-5,7-9H,6H2,1H3. The van der Waals surface area contributed by atoms with Crippen LogP contribution < -0.4 is 0 Å². The van der Waals surface area contributed by atoms with E-state index in [1.165, 1.54) is 18.2 Å². The van der Waals surface area contributed by atoms with Crippen molar-refractivity contribution >= 4 is 6.08 Å². The second-order valence-corrected chi connectivity index (χ2v) is 4.41. The number of halogens is 4. The van der Waals surface area contributed by atoms with Crippen LogP contribution in [0.3, 0.4) is 0 Å². The number of hydrogen-bond acceptors (Lipinski definition) is 0. The molecule has 20 heavy (non-hydrogen) atoms. The topological polar surface area (TPSA) is 0 Å². The van der Waals surface area contributed by atoms with Crippen LogP contribution in [0.2, 0.25) is 0 Å². The highest BCUT2D eigenvalue weighted by Crippen LogP contribution is 2.20. The molecule has 0 saturated carbocycles. The van der Waals surface area contributed by atoms with Crippen LogP contribution in [0.1, 0.15) is 23.6 Å².